The van der Waals surface area contributed by atoms with Crippen molar-refractivity contribution in [3.05, 3.63) is 51.6 Å². The number of halogens is 1. The topological polar surface area (TPSA) is 115 Å². The molecule has 0 spiro atoms. The van der Waals surface area contributed by atoms with E-state index in [1.165, 1.54) is 21.0 Å². The first-order valence-electron chi connectivity index (χ1n) is 9.28. The van der Waals surface area contributed by atoms with Gasteiger partial charge in [0.05, 0.1) is 10.4 Å². The lowest BCUT2D eigenvalue weighted by Crippen LogP contribution is -2.41. The quantitative estimate of drug-likeness (QED) is 0.595. The fraction of sp³-hybridized carbons (Fsp3) is 0.316. The van der Waals surface area contributed by atoms with Gasteiger partial charge in [-0.15, -0.1) is 0 Å². The molecule has 1 N–H and O–H groups in total. The Morgan fingerprint density at radius 1 is 1.23 bits per heavy atom. The molecule has 1 fully saturated rings. The highest BCUT2D eigenvalue weighted by molar-refractivity contribution is 9.10. The molecular weight excluding hydrogens is 476 g/mol. The van der Waals surface area contributed by atoms with Gasteiger partial charge in [0.15, 0.2) is 5.58 Å². The van der Waals surface area contributed by atoms with E-state index < -0.39 is 15.8 Å². The lowest BCUT2D eigenvalue weighted by Gasteiger charge is -2.30. The number of hydrogen-bond acceptors (Lipinski definition) is 6. The first-order chi connectivity index (χ1) is 14.3. The second kappa shape index (κ2) is 7.97. The molecular formula is C19H19BrN4O5S. The summed E-state index contributed by atoms with van der Waals surface area (Å²) < 4.78 is 34.6. The number of amides is 1. The molecule has 0 saturated carbocycles. The van der Waals surface area contributed by atoms with Crippen LogP contribution in [-0.2, 0) is 21.9 Å². The molecule has 1 saturated heterocycles. The van der Waals surface area contributed by atoms with E-state index >= 15 is 0 Å². The number of carbonyl (C=O) groups excluding carboxylic acids is 1. The Labute approximate surface area is 180 Å². The van der Waals surface area contributed by atoms with Crippen LogP contribution in [0.15, 0.2) is 55.1 Å². The molecule has 0 radical (unpaired) electrons. The molecule has 1 aliphatic rings. The molecule has 0 atom stereocenters. The number of fused-ring (bicyclic) bond motifs is 1. The minimum absolute atomic E-state index is 0.0614. The Bertz CT molecular complexity index is 1260. The minimum atomic E-state index is -3.76. The van der Waals surface area contributed by atoms with E-state index in [4.69, 9.17) is 4.42 Å². The van der Waals surface area contributed by atoms with Crippen LogP contribution in [0.3, 0.4) is 0 Å². The Morgan fingerprint density at radius 3 is 2.63 bits per heavy atom. The highest BCUT2D eigenvalue weighted by Gasteiger charge is 2.32. The zero-order chi connectivity index (χ0) is 21.5. The second-order valence-electron chi connectivity index (χ2n) is 7.09. The summed E-state index contributed by atoms with van der Waals surface area (Å²) in [6.07, 6.45) is 2.41. The van der Waals surface area contributed by atoms with E-state index in [0.29, 0.717) is 24.2 Å². The van der Waals surface area contributed by atoms with E-state index in [0.717, 1.165) is 4.47 Å². The predicted molar refractivity (Wildman–Crippen MR) is 114 cm³/mol. The number of carbonyl (C=O) groups is 1. The molecule has 4 rings (SSSR count). The normalized spacial score (nSPS) is 16.1. The van der Waals surface area contributed by atoms with Gasteiger partial charge in [-0.2, -0.15) is 4.31 Å². The van der Waals surface area contributed by atoms with E-state index in [-0.39, 0.29) is 35.4 Å². The third kappa shape index (κ3) is 3.92. The number of pyridine rings is 1. The van der Waals surface area contributed by atoms with Gasteiger partial charge in [0.2, 0.25) is 15.9 Å². The third-order valence-electron chi connectivity index (χ3n) is 5.20. The van der Waals surface area contributed by atoms with Crippen LogP contribution < -0.4 is 11.1 Å². The Balaban J connectivity index is 1.44. The molecule has 30 heavy (non-hydrogen) atoms. The Morgan fingerprint density at radius 2 is 1.97 bits per heavy atom. The average molecular weight is 495 g/mol. The van der Waals surface area contributed by atoms with Gasteiger partial charge in [0.25, 0.3) is 0 Å². The van der Waals surface area contributed by atoms with Gasteiger partial charge < -0.3 is 9.73 Å². The van der Waals surface area contributed by atoms with Crippen LogP contribution in [0.4, 0.5) is 5.82 Å². The summed E-state index contributed by atoms with van der Waals surface area (Å²) in [5.74, 6) is -0.562. The number of nitrogens with one attached hydrogen (secondary N) is 1. The van der Waals surface area contributed by atoms with Crippen molar-refractivity contribution in [2.75, 3.05) is 18.4 Å². The fourth-order valence-electron chi connectivity index (χ4n) is 3.46. The maximum atomic E-state index is 13.0. The van der Waals surface area contributed by atoms with E-state index in [9.17, 15) is 18.0 Å². The number of nitrogens with zero attached hydrogens (tertiary/aromatic N) is 3. The zero-order valence-corrected chi connectivity index (χ0v) is 18.4. The summed E-state index contributed by atoms with van der Waals surface area (Å²) in [7, 11) is -2.20. The number of sulfonamides is 1. The van der Waals surface area contributed by atoms with Crippen LogP contribution in [0.25, 0.3) is 11.1 Å². The smallest absolute Gasteiger partial charge is 0.408 e. The standard InChI is InChI=1S/C19H19BrN4O5S/c1-23-15-4-3-14(10-16(15)29-19(23)26)30(27,28)24-8-6-12(7-9-24)18(25)22-17-5-2-13(20)11-21-17/h2-5,10-12H,6-9H2,1H3,(H,21,22,25). The largest absolute Gasteiger partial charge is 0.419 e. The average Bonchev–Trinajstić information content (AvgIpc) is 3.03. The molecule has 158 valence electrons. The van der Waals surface area contributed by atoms with Gasteiger partial charge in [-0.1, -0.05) is 0 Å². The van der Waals surface area contributed by atoms with Crippen molar-refractivity contribution in [1.29, 1.82) is 0 Å². The van der Waals surface area contributed by atoms with E-state index in [1.807, 2.05) is 0 Å². The number of rotatable bonds is 4. The summed E-state index contributed by atoms with van der Waals surface area (Å²) in [6.45, 7) is 0.454. The number of oxazole rings is 1. The highest BCUT2D eigenvalue weighted by Crippen LogP contribution is 2.26. The van der Waals surface area contributed by atoms with E-state index in [2.05, 4.69) is 26.2 Å². The van der Waals surface area contributed by atoms with Gasteiger partial charge in [-0.05, 0) is 53.0 Å². The predicted octanol–water partition coefficient (Wildman–Crippen LogP) is 2.33. The minimum Gasteiger partial charge on any atom is -0.408 e. The fourth-order valence-corrected chi connectivity index (χ4v) is 5.18. The molecule has 0 bridgehead atoms. The Kier molecular flexibility index (Phi) is 5.51. The van der Waals surface area contributed by atoms with Crippen LogP contribution in [0.1, 0.15) is 12.8 Å². The molecule has 3 aromatic rings. The van der Waals surface area contributed by atoms with Crippen molar-refractivity contribution in [2.24, 2.45) is 13.0 Å². The highest BCUT2D eigenvalue weighted by atomic mass is 79.9. The van der Waals surface area contributed by atoms with Crippen molar-refractivity contribution in [3.63, 3.8) is 0 Å². The number of piperidine rings is 1. The molecule has 9 nitrogen and oxygen atoms in total. The summed E-state index contributed by atoms with van der Waals surface area (Å²) in [4.78, 5) is 28.3. The van der Waals surface area contributed by atoms with Gasteiger partial charge in [-0.3, -0.25) is 9.36 Å². The number of anilines is 1. The SMILES string of the molecule is Cn1c(=O)oc2cc(S(=O)(=O)N3CCC(C(=O)Nc4ccc(Br)cn4)CC3)ccc21. The van der Waals surface area contributed by atoms with Crippen LogP contribution in [0, 0.1) is 5.92 Å². The third-order valence-corrected chi connectivity index (χ3v) is 7.57. The number of aromatic nitrogens is 2. The van der Waals surface area contributed by atoms with Crippen molar-refractivity contribution in [3.8, 4) is 0 Å². The number of hydrogen-bond donors (Lipinski definition) is 1. The monoisotopic (exact) mass is 494 g/mol. The molecule has 0 aliphatic carbocycles. The van der Waals surface area contributed by atoms with Crippen molar-refractivity contribution >= 4 is 48.8 Å². The molecule has 11 heteroatoms. The maximum Gasteiger partial charge on any atom is 0.419 e. The van der Waals surface area contributed by atoms with Crippen molar-refractivity contribution in [1.82, 2.24) is 13.9 Å². The first-order valence-corrected chi connectivity index (χ1v) is 11.5. The molecule has 0 unspecified atom stereocenters. The maximum absolute atomic E-state index is 13.0. The van der Waals surface area contributed by atoms with E-state index in [1.54, 1.807) is 31.4 Å². The summed E-state index contributed by atoms with van der Waals surface area (Å²) in [5, 5.41) is 2.77. The lowest BCUT2D eigenvalue weighted by atomic mass is 9.97. The molecule has 1 aliphatic heterocycles. The summed E-state index contributed by atoms with van der Waals surface area (Å²) in [6, 6.07) is 7.86. The van der Waals surface area contributed by atoms with Crippen LogP contribution >= 0.6 is 15.9 Å². The molecule has 3 heterocycles. The van der Waals surface area contributed by atoms with Crippen LogP contribution in [0.5, 0.6) is 0 Å². The first kappa shape index (κ1) is 20.8. The molecule has 1 aromatic carbocycles. The van der Waals surface area contributed by atoms with Crippen LogP contribution in [0.2, 0.25) is 0 Å². The molecule has 2 aromatic heterocycles. The Hall–Kier alpha value is -2.50. The second-order valence-corrected chi connectivity index (χ2v) is 9.94. The number of benzene rings is 1. The van der Waals surface area contributed by atoms with Gasteiger partial charge in [-0.25, -0.2) is 18.2 Å². The lowest BCUT2D eigenvalue weighted by molar-refractivity contribution is -0.120. The number of aryl methyl sites for hydroxylation is 1. The zero-order valence-electron chi connectivity index (χ0n) is 16.0. The van der Waals surface area contributed by atoms with Crippen LogP contribution in [-0.4, -0.2) is 41.3 Å². The van der Waals surface area contributed by atoms with Crippen molar-refractivity contribution < 1.29 is 17.6 Å². The van der Waals surface area contributed by atoms with Crippen molar-refractivity contribution in [2.45, 2.75) is 17.7 Å². The van der Waals surface area contributed by atoms with Gasteiger partial charge >= 0.3 is 5.76 Å². The summed E-state index contributed by atoms with van der Waals surface area (Å²) >= 11 is 3.29. The van der Waals surface area contributed by atoms with Gasteiger partial charge in [0.1, 0.15) is 5.82 Å². The van der Waals surface area contributed by atoms with Gasteiger partial charge in [0, 0.05) is 42.8 Å². The molecule has 1 amide bonds. The summed E-state index contributed by atoms with van der Waals surface area (Å²) in [5.41, 5.74) is 0.746.